The Kier molecular flexibility index (Phi) is 6.82. The molecule has 2 aromatic rings. The number of carbonyl (C=O) groups is 2. The first-order chi connectivity index (χ1) is 12.9. The van der Waals surface area contributed by atoms with Crippen molar-refractivity contribution in [3.05, 3.63) is 48.5 Å². The summed E-state index contributed by atoms with van der Waals surface area (Å²) in [5.74, 6) is 0.663. The van der Waals surface area contributed by atoms with Crippen molar-refractivity contribution in [3.63, 3.8) is 0 Å². The van der Waals surface area contributed by atoms with Gasteiger partial charge in [0.25, 0.3) is 0 Å². The normalized spacial score (nSPS) is 10.8. The highest BCUT2D eigenvalue weighted by molar-refractivity contribution is 6.14. The predicted molar refractivity (Wildman–Crippen MR) is 106 cm³/mol. The van der Waals surface area contributed by atoms with Crippen molar-refractivity contribution in [1.82, 2.24) is 0 Å². The first-order valence-electron chi connectivity index (χ1n) is 8.95. The molecule has 0 heterocycles. The fraction of sp³-hybridized carbons (Fsp3) is 0.333. The molecule has 0 fully saturated rings. The van der Waals surface area contributed by atoms with E-state index in [-0.39, 0.29) is 0 Å². The number of hydrogen-bond donors (Lipinski definition) is 2. The van der Waals surface area contributed by atoms with Crippen molar-refractivity contribution in [2.75, 3.05) is 23.8 Å². The van der Waals surface area contributed by atoms with E-state index in [1.165, 1.54) is 0 Å². The van der Waals surface area contributed by atoms with E-state index in [0.717, 1.165) is 11.5 Å². The smallest absolute Gasteiger partial charge is 0.239 e. The van der Waals surface area contributed by atoms with Gasteiger partial charge < -0.3 is 20.1 Å². The van der Waals surface area contributed by atoms with Crippen LogP contribution in [0.5, 0.6) is 11.5 Å². The number of ether oxygens (including phenoxy) is 2. The van der Waals surface area contributed by atoms with Crippen molar-refractivity contribution in [2.24, 2.45) is 5.41 Å². The van der Waals surface area contributed by atoms with Crippen LogP contribution in [0, 0.1) is 5.41 Å². The molecule has 0 bridgehead atoms. The monoisotopic (exact) mass is 370 g/mol. The molecule has 0 radical (unpaired) electrons. The van der Waals surface area contributed by atoms with Gasteiger partial charge >= 0.3 is 0 Å². The van der Waals surface area contributed by atoms with Crippen molar-refractivity contribution in [1.29, 1.82) is 0 Å². The number of hydrogen-bond acceptors (Lipinski definition) is 4. The van der Waals surface area contributed by atoms with Crippen LogP contribution in [-0.2, 0) is 9.59 Å². The fourth-order valence-corrected chi connectivity index (χ4v) is 2.28. The molecule has 6 heteroatoms. The van der Waals surface area contributed by atoms with Gasteiger partial charge in [-0.05, 0) is 76.2 Å². The first kappa shape index (κ1) is 20.3. The number of rotatable bonds is 8. The summed E-state index contributed by atoms with van der Waals surface area (Å²) in [5.41, 5.74) is -0.0484. The predicted octanol–water partition coefficient (Wildman–Crippen LogP) is 4.09. The standard InChI is InChI=1S/C21H26N2O4/c1-5-26-17-11-7-15(8-12-17)22-19(24)21(3,4)20(25)23-16-9-13-18(14-10-16)27-6-2/h7-14H,5-6H2,1-4H3,(H,22,24)(H,23,25). The van der Waals surface area contributed by atoms with E-state index >= 15 is 0 Å². The average molecular weight is 370 g/mol. The molecule has 0 saturated carbocycles. The van der Waals surface area contributed by atoms with E-state index in [9.17, 15) is 9.59 Å². The SMILES string of the molecule is CCOc1ccc(NC(=O)C(C)(C)C(=O)Nc2ccc(OCC)cc2)cc1. The summed E-state index contributed by atoms with van der Waals surface area (Å²) >= 11 is 0. The number of amides is 2. The van der Waals surface area contributed by atoms with Gasteiger partial charge in [0.2, 0.25) is 11.8 Å². The molecule has 2 rings (SSSR count). The largest absolute Gasteiger partial charge is 0.494 e. The summed E-state index contributed by atoms with van der Waals surface area (Å²) < 4.78 is 10.8. The fourth-order valence-electron chi connectivity index (χ4n) is 2.28. The van der Waals surface area contributed by atoms with Crippen molar-refractivity contribution in [2.45, 2.75) is 27.7 Å². The van der Waals surface area contributed by atoms with Crippen LogP contribution in [-0.4, -0.2) is 25.0 Å². The van der Waals surface area contributed by atoms with Crippen LogP contribution >= 0.6 is 0 Å². The highest BCUT2D eigenvalue weighted by atomic mass is 16.5. The van der Waals surface area contributed by atoms with Gasteiger partial charge in [0, 0.05) is 11.4 Å². The summed E-state index contributed by atoms with van der Waals surface area (Å²) in [6.45, 7) is 8.12. The van der Waals surface area contributed by atoms with Crippen LogP contribution in [0.15, 0.2) is 48.5 Å². The second-order valence-corrected chi connectivity index (χ2v) is 6.45. The molecule has 0 spiro atoms. The van der Waals surface area contributed by atoms with Crippen LogP contribution in [0.1, 0.15) is 27.7 Å². The molecular weight excluding hydrogens is 344 g/mol. The maximum Gasteiger partial charge on any atom is 0.239 e. The highest BCUT2D eigenvalue weighted by Crippen LogP contribution is 2.24. The molecule has 144 valence electrons. The van der Waals surface area contributed by atoms with Gasteiger partial charge in [-0.25, -0.2) is 0 Å². The maximum atomic E-state index is 12.6. The van der Waals surface area contributed by atoms with Crippen LogP contribution in [0.25, 0.3) is 0 Å². The molecule has 27 heavy (non-hydrogen) atoms. The lowest BCUT2D eigenvalue weighted by Gasteiger charge is -2.23. The Morgan fingerprint density at radius 3 is 1.37 bits per heavy atom. The van der Waals surface area contributed by atoms with Crippen molar-refractivity contribution < 1.29 is 19.1 Å². The molecule has 0 aliphatic carbocycles. The second-order valence-electron chi connectivity index (χ2n) is 6.45. The minimum atomic E-state index is -1.25. The van der Waals surface area contributed by atoms with E-state index in [1.54, 1.807) is 62.4 Å². The molecule has 0 aliphatic heterocycles. The molecule has 0 aromatic heterocycles. The van der Waals surface area contributed by atoms with E-state index in [1.807, 2.05) is 13.8 Å². The zero-order valence-electron chi connectivity index (χ0n) is 16.2. The highest BCUT2D eigenvalue weighted by Gasteiger charge is 2.36. The second kappa shape index (κ2) is 9.07. The van der Waals surface area contributed by atoms with Crippen LogP contribution in [0.2, 0.25) is 0 Å². The first-order valence-corrected chi connectivity index (χ1v) is 8.95. The van der Waals surface area contributed by atoms with Gasteiger partial charge in [-0.3, -0.25) is 9.59 Å². The Hall–Kier alpha value is -3.02. The Morgan fingerprint density at radius 1 is 0.741 bits per heavy atom. The lowest BCUT2D eigenvalue weighted by molar-refractivity contribution is -0.135. The molecule has 0 aliphatic rings. The van der Waals surface area contributed by atoms with Crippen LogP contribution in [0.3, 0.4) is 0 Å². The summed E-state index contributed by atoms with van der Waals surface area (Å²) in [5, 5.41) is 5.54. The maximum absolute atomic E-state index is 12.6. The van der Waals surface area contributed by atoms with Gasteiger partial charge in [-0.2, -0.15) is 0 Å². The molecule has 0 saturated heterocycles. The Bertz CT molecular complexity index is 702. The van der Waals surface area contributed by atoms with Gasteiger partial charge in [0.05, 0.1) is 13.2 Å². The summed E-state index contributed by atoms with van der Waals surface area (Å²) in [6, 6.07) is 14.0. The Balaban J connectivity index is 2.00. The zero-order chi connectivity index (χ0) is 19.9. The minimum Gasteiger partial charge on any atom is -0.494 e. The van der Waals surface area contributed by atoms with E-state index in [2.05, 4.69) is 10.6 Å². The Labute approximate surface area is 159 Å². The van der Waals surface area contributed by atoms with Crippen LogP contribution < -0.4 is 20.1 Å². The number of anilines is 2. The molecular formula is C21H26N2O4. The average Bonchev–Trinajstić information content (AvgIpc) is 2.65. The number of nitrogens with one attached hydrogen (secondary N) is 2. The minimum absolute atomic E-state index is 0.393. The topological polar surface area (TPSA) is 76.7 Å². The van der Waals surface area contributed by atoms with Crippen molar-refractivity contribution >= 4 is 23.2 Å². The lowest BCUT2D eigenvalue weighted by Crippen LogP contribution is -2.41. The number of carbonyl (C=O) groups excluding carboxylic acids is 2. The van der Waals surface area contributed by atoms with Gasteiger partial charge in [0.15, 0.2) is 0 Å². The third kappa shape index (κ3) is 5.48. The summed E-state index contributed by atoms with van der Waals surface area (Å²) in [6.07, 6.45) is 0. The third-order valence-corrected chi connectivity index (χ3v) is 3.98. The number of benzene rings is 2. The van der Waals surface area contributed by atoms with Gasteiger partial charge in [-0.1, -0.05) is 0 Å². The van der Waals surface area contributed by atoms with E-state index in [4.69, 9.17) is 9.47 Å². The summed E-state index contributed by atoms with van der Waals surface area (Å²) in [4.78, 5) is 25.2. The molecule has 2 N–H and O–H groups in total. The summed E-state index contributed by atoms with van der Waals surface area (Å²) in [7, 11) is 0. The Morgan fingerprint density at radius 2 is 1.07 bits per heavy atom. The lowest BCUT2D eigenvalue weighted by atomic mass is 9.90. The van der Waals surface area contributed by atoms with Gasteiger partial charge in [0.1, 0.15) is 16.9 Å². The zero-order valence-corrected chi connectivity index (χ0v) is 16.2. The third-order valence-electron chi connectivity index (χ3n) is 3.98. The molecule has 6 nitrogen and oxygen atoms in total. The quantitative estimate of drug-likeness (QED) is 0.686. The van der Waals surface area contributed by atoms with Crippen LogP contribution in [0.4, 0.5) is 11.4 Å². The van der Waals surface area contributed by atoms with Crippen molar-refractivity contribution in [3.8, 4) is 11.5 Å². The molecule has 0 atom stereocenters. The van der Waals surface area contributed by atoms with E-state index in [0.29, 0.717) is 24.6 Å². The van der Waals surface area contributed by atoms with Gasteiger partial charge in [-0.15, -0.1) is 0 Å². The molecule has 0 unspecified atom stereocenters. The van der Waals surface area contributed by atoms with E-state index < -0.39 is 17.2 Å². The molecule has 2 aromatic carbocycles. The molecule has 2 amide bonds.